The van der Waals surface area contributed by atoms with Gasteiger partial charge < -0.3 is 9.84 Å². The lowest BCUT2D eigenvalue weighted by molar-refractivity contribution is 0.135. The Labute approximate surface area is 114 Å². The van der Waals surface area contributed by atoms with Crippen LogP contribution in [-0.4, -0.2) is 44.1 Å². The number of rotatable bonds is 8. The lowest BCUT2D eigenvalue weighted by atomic mass is 10.2. The fourth-order valence-electron chi connectivity index (χ4n) is 1.78. The number of benzene rings is 1. The smallest absolute Gasteiger partial charge is 0.243 e. The summed E-state index contributed by atoms with van der Waals surface area (Å²) in [6, 6.07) is 6.50. The van der Waals surface area contributed by atoms with E-state index in [0.29, 0.717) is 31.9 Å². The van der Waals surface area contributed by atoms with Gasteiger partial charge in [0.05, 0.1) is 18.1 Å². The summed E-state index contributed by atoms with van der Waals surface area (Å²) in [5.41, 5.74) is 0.414. The van der Waals surface area contributed by atoms with Crippen LogP contribution in [0.3, 0.4) is 0 Å². The minimum atomic E-state index is -3.58. The van der Waals surface area contributed by atoms with Gasteiger partial charge in [-0.15, -0.1) is 0 Å². The molecule has 1 rings (SSSR count). The summed E-state index contributed by atoms with van der Waals surface area (Å²) >= 11 is 0. The number of nitrogens with zero attached hydrogens (tertiary/aromatic N) is 1. The van der Waals surface area contributed by atoms with Crippen LogP contribution in [0, 0.1) is 0 Å². The molecule has 5 nitrogen and oxygen atoms in total. The van der Waals surface area contributed by atoms with Crippen molar-refractivity contribution in [3.05, 3.63) is 29.8 Å². The Hall–Kier alpha value is -0.950. The number of sulfonamides is 1. The molecular weight excluding hydrogens is 266 g/mol. The zero-order chi connectivity index (χ0) is 14.3. The third-order valence-corrected chi connectivity index (χ3v) is 4.88. The molecule has 1 N–H and O–H groups in total. The van der Waals surface area contributed by atoms with Crippen LogP contribution in [0.4, 0.5) is 0 Å². The van der Waals surface area contributed by atoms with E-state index in [9.17, 15) is 13.5 Å². The number of ether oxygens (including phenoxy) is 1. The molecule has 1 aromatic carbocycles. The van der Waals surface area contributed by atoms with E-state index in [-0.39, 0.29) is 11.5 Å². The van der Waals surface area contributed by atoms with Crippen molar-refractivity contribution in [2.75, 3.05) is 26.3 Å². The summed E-state index contributed by atoms with van der Waals surface area (Å²) < 4.78 is 31.5. The molecule has 1 aromatic rings. The molecule has 0 aliphatic heterocycles. The molecule has 0 spiro atoms. The zero-order valence-corrected chi connectivity index (χ0v) is 12.2. The van der Waals surface area contributed by atoms with E-state index in [1.54, 1.807) is 25.1 Å². The summed E-state index contributed by atoms with van der Waals surface area (Å²) in [5.74, 6) is 0. The molecule has 0 saturated heterocycles. The number of likely N-dealkylation sites (N-methyl/N-ethyl adjacent to an activating group) is 1. The number of aliphatic hydroxyl groups excluding tert-OH is 1. The van der Waals surface area contributed by atoms with Gasteiger partial charge in [-0.25, -0.2) is 8.42 Å². The number of hydrogen-bond donors (Lipinski definition) is 1. The van der Waals surface area contributed by atoms with Crippen LogP contribution in [0.1, 0.15) is 19.4 Å². The molecule has 0 unspecified atom stereocenters. The Kier molecular flexibility index (Phi) is 6.44. The van der Waals surface area contributed by atoms with Gasteiger partial charge in [0.2, 0.25) is 10.0 Å². The van der Waals surface area contributed by atoms with Gasteiger partial charge in [-0.1, -0.05) is 25.1 Å². The van der Waals surface area contributed by atoms with Crippen molar-refractivity contribution < 1.29 is 18.3 Å². The van der Waals surface area contributed by atoms with E-state index in [4.69, 9.17) is 4.74 Å². The van der Waals surface area contributed by atoms with Crippen LogP contribution in [0.2, 0.25) is 0 Å². The van der Waals surface area contributed by atoms with Gasteiger partial charge >= 0.3 is 0 Å². The average molecular weight is 287 g/mol. The highest BCUT2D eigenvalue weighted by molar-refractivity contribution is 7.89. The Morgan fingerprint density at radius 1 is 1.26 bits per heavy atom. The lowest BCUT2D eigenvalue weighted by Gasteiger charge is -2.21. The van der Waals surface area contributed by atoms with Crippen molar-refractivity contribution in [2.45, 2.75) is 25.3 Å². The van der Waals surface area contributed by atoms with E-state index in [2.05, 4.69) is 0 Å². The Morgan fingerprint density at radius 2 is 1.95 bits per heavy atom. The summed E-state index contributed by atoms with van der Waals surface area (Å²) in [7, 11) is -3.58. The maximum Gasteiger partial charge on any atom is 0.243 e. The molecule has 6 heteroatoms. The Morgan fingerprint density at radius 3 is 2.53 bits per heavy atom. The molecule has 0 aliphatic carbocycles. The molecular formula is C13H21NO4S. The van der Waals surface area contributed by atoms with Crippen LogP contribution in [0.25, 0.3) is 0 Å². The summed E-state index contributed by atoms with van der Waals surface area (Å²) in [6.07, 6.45) is 0. The van der Waals surface area contributed by atoms with Crippen LogP contribution >= 0.6 is 0 Å². The summed E-state index contributed by atoms with van der Waals surface area (Å²) in [6.45, 7) is 4.96. The number of aliphatic hydroxyl groups is 1. The first-order chi connectivity index (χ1) is 9.07. The normalized spacial score (nSPS) is 12.0. The molecule has 0 saturated carbocycles. The van der Waals surface area contributed by atoms with Gasteiger partial charge in [0.25, 0.3) is 0 Å². The second-order valence-corrected chi connectivity index (χ2v) is 5.87. The van der Waals surface area contributed by atoms with Crippen molar-refractivity contribution >= 4 is 10.0 Å². The minimum absolute atomic E-state index is 0.163. The number of hydrogen-bond acceptors (Lipinski definition) is 4. The fourth-order valence-corrected chi connectivity index (χ4v) is 3.43. The molecule has 0 bridgehead atoms. The molecule has 0 radical (unpaired) electrons. The quantitative estimate of drug-likeness (QED) is 0.730. The van der Waals surface area contributed by atoms with Crippen LogP contribution in [0.5, 0.6) is 0 Å². The van der Waals surface area contributed by atoms with Crippen molar-refractivity contribution in [1.82, 2.24) is 4.31 Å². The highest BCUT2D eigenvalue weighted by Crippen LogP contribution is 2.20. The Balaban J connectivity index is 2.99. The van der Waals surface area contributed by atoms with Gasteiger partial charge in [0.1, 0.15) is 0 Å². The first-order valence-electron chi connectivity index (χ1n) is 6.34. The third kappa shape index (κ3) is 4.01. The molecule has 0 aliphatic rings. The second-order valence-electron chi connectivity index (χ2n) is 3.96. The topological polar surface area (TPSA) is 66.8 Å². The van der Waals surface area contributed by atoms with Gasteiger partial charge in [0.15, 0.2) is 0 Å². The maximum absolute atomic E-state index is 12.5. The minimum Gasteiger partial charge on any atom is -0.392 e. The van der Waals surface area contributed by atoms with Crippen LogP contribution in [0.15, 0.2) is 29.2 Å². The van der Waals surface area contributed by atoms with Crippen molar-refractivity contribution in [1.29, 1.82) is 0 Å². The highest BCUT2D eigenvalue weighted by atomic mass is 32.2. The van der Waals surface area contributed by atoms with Gasteiger partial charge in [-0.2, -0.15) is 4.31 Å². The summed E-state index contributed by atoms with van der Waals surface area (Å²) in [5, 5.41) is 9.24. The van der Waals surface area contributed by atoms with Crippen molar-refractivity contribution in [3.8, 4) is 0 Å². The van der Waals surface area contributed by atoms with E-state index in [1.807, 2.05) is 6.92 Å². The fraction of sp³-hybridized carbons (Fsp3) is 0.538. The van der Waals surface area contributed by atoms with E-state index >= 15 is 0 Å². The molecule has 0 fully saturated rings. The van der Waals surface area contributed by atoms with E-state index in [1.165, 1.54) is 10.4 Å². The van der Waals surface area contributed by atoms with Crippen molar-refractivity contribution in [2.24, 2.45) is 0 Å². The van der Waals surface area contributed by atoms with Crippen LogP contribution < -0.4 is 0 Å². The lowest BCUT2D eigenvalue weighted by Crippen LogP contribution is -2.34. The van der Waals surface area contributed by atoms with Gasteiger partial charge in [-0.05, 0) is 18.6 Å². The molecule has 19 heavy (non-hydrogen) atoms. The average Bonchev–Trinajstić information content (AvgIpc) is 2.43. The van der Waals surface area contributed by atoms with E-state index < -0.39 is 10.0 Å². The predicted molar refractivity (Wildman–Crippen MR) is 73.3 cm³/mol. The Bertz CT molecular complexity index is 487. The molecule has 0 atom stereocenters. The zero-order valence-electron chi connectivity index (χ0n) is 11.4. The first-order valence-corrected chi connectivity index (χ1v) is 7.78. The SMILES string of the molecule is CCOCCN(CC)S(=O)(=O)c1ccccc1CO. The monoisotopic (exact) mass is 287 g/mol. The third-order valence-electron chi connectivity index (χ3n) is 2.80. The van der Waals surface area contributed by atoms with Crippen LogP contribution in [-0.2, 0) is 21.4 Å². The maximum atomic E-state index is 12.5. The standard InChI is InChI=1S/C13H21NO4S/c1-3-14(9-10-18-4-2)19(16,17)13-8-6-5-7-12(13)11-15/h5-8,15H,3-4,9-11H2,1-2H3. The van der Waals surface area contributed by atoms with Crippen molar-refractivity contribution in [3.63, 3.8) is 0 Å². The molecule has 0 heterocycles. The molecule has 108 valence electrons. The predicted octanol–water partition coefficient (Wildman–Crippen LogP) is 1.23. The second kappa shape index (κ2) is 7.59. The summed E-state index contributed by atoms with van der Waals surface area (Å²) in [4.78, 5) is 0.163. The van der Waals surface area contributed by atoms with E-state index in [0.717, 1.165) is 0 Å². The van der Waals surface area contributed by atoms with Gasteiger partial charge in [0, 0.05) is 19.7 Å². The van der Waals surface area contributed by atoms with Gasteiger partial charge in [-0.3, -0.25) is 0 Å². The molecule has 0 amide bonds. The largest absolute Gasteiger partial charge is 0.392 e. The molecule has 0 aromatic heterocycles. The highest BCUT2D eigenvalue weighted by Gasteiger charge is 2.24. The first kappa shape index (κ1) is 16.1.